The van der Waals surface area contributed by atoms with E-state index in [1.54, 1.807) is 18.2 Å². The van der Waals surface area contributed by atoms with Crippen LogP contribution in [0.5, 0.6) is 11.5 Å². The fourth-order valence-corrected chi connectivity index (χ4v) is 5.19. The number of carbonyl (C=O) groups is 2. The van der Waals surface area contributed by atoms with Crippen molar-refractivity contribution in [2.45, 2.75) is 13.0 Å². The molecule has 0 saturated carbocycles. The molecule has 8 nitrogen and oxygen atoms in total. The highest BCUT2D eigenvalue weighted by Crippen LogP contribution is 2.33. The summed E-state index contributed by atoms with van der Waals surface area (Å²) >= 11 is 2.87. The summed E-state index contributed by atoms with van der Waals surface area (Å²) in [7, 11) is 0. The van der Waals surface area contributed by atoms with E-state index >= 15 is 0 Å². The lowest BCUT2D eigenvalue weighted by Crippen LogP contribution is -2.36. The molecule has 0 aliphatic carbocycles. The molecule has 2 aromatic heterocycles. The lowest BCUT2D eigenvalue weighted by Gasteiger charge is -2.25. The predicted molar refractivity (Wildman–Crippen MR) is 119 cm³/mol. The number of thiazole rings is 1. The van der Waals surface area contributed by atoms with Crippen LogP contribution < -0.4 is 20.1 Å². The van der Waals surface area contributed by atoms with Crippen LogP contribution >= 0.6 is 22.7 Å². The summed E-state index contributed by atoms with van der Waals surface area (Å²) in [5.41, 5.74) is 1.68. The van der Waals surface area contributed by atoms with Gasteiger partial charge in [-0.25, -0.2) is 4.98 Å². The van der Waals surface area contributed by atoms with E-state index in [0.717, 1.165) is 23.5 Å². The van der Waals surface area contributed by atoms with Crippen molar-refractivity contribution >= 4 is 45.3 Å². The van der Waals surface area contributed by atoms with Crippen molar-refractivity contribution < 1.29 is 19.1 Å². The smallest absolute Gasteiger partial charge is 0.267 e. The number of benzene rings is 1. The van der Waals surface area contributed by atoms with E-state index in [2.05, 4.69) is 20.5 Å². The number of fused-ring (bicyclic) bond motifs is 2. The molecular formula is C21H20N4O4S2. The Morgan fingerprint density at radius 2 is 2.00 bits per heavy atom. The van der Waals surface area contributed by atoms with Crippen LogP contribution in [0.15, 0.2) is 35.7 Å². The maximum absolute atomic E-state index is 12.5. The third-order valence-corrected chi connectivity index (χ3v) is 6.84. The highest BCUT2D eigenvalue weighted by atomic mass is 32.1. The van der Waals surface area contributed by atoms with Crippen molar-refractivity contribution in [1.29, 1.82) is 0 Å². The number of ether oxygens (including phenoxy) is 2. The zero-order valence-corrected chi connectivity index (χ0v) is 18.2. The average Bonchev–Trinajstić information content (AvgIpc) is 3.43. The highest BCUT2D eigenvalue weighted by Gasteiger charge is 2.23. The van der Waals surface area contributed by atoms with Gasteiger partial charge in [-0.3, -0.25) is 19.8 Å². The number of aromatic nitrogens is 1. The third-order valence-electron chi connectivity index (χ3n) is 4.97. The Morgan fingerprint density at radius 1 is 1.13 bits per heavy atom. The quantitative estimate of drug-likeness (QED) is 0.612. The van der Waals surface area contributed by atoms with Gasteiger partial charge in [0.1, 0.15) is 13.2 Å². The molecule has 0 saturated heterocycles. The number of amides is 2. The second kappa shape index (κ2) is 8.66. The van der Waals surface area contributed by atoms with Gasteiger partial charge in [-0.1, -0.05) is 6.07 Å². The molecule has 0 spiro atoms. The molecule has 5 rings (SSSR count). The topological polar surface area (TPSA) is 92.8 Å². The predicted octanol–water partition coefficient (Wildman–Crippen LogP) is 3.22. The first-order chi connectivity index (χ1) is 15.1. The Kier molecular flexibility index (Phi) is 5.58. The number of nitrogens with one attached hydrogen (secondary N) is 2. The normalized spacial score (nSPS) is 15.2. The fourth-order valence-electron chi connectivity index (χ4n) is 3.53. The number of nitrogens with zero attached hydrogens (tertiary/aromatic N) is 2. The van der Waals surface area contributed by atoms with Crippen LogP contribution in [0.1, 0.15) is 20.2 Å². The number of hydrogen-bond donors (Lipinski definition) is 2. The molecule has 0 radical (unpaired) electrons. The lowest BCUT2D eigenvalue weighted by molar-refractivity contribution is -0.117. The van der Waals surface area contributed by atoms with Crippen molar-refractivity contribution in [3.05, 3.63) is 51.2 Å². The van der Waals surface area contributed by atoms with Gasteiger partial charge in [0.2, 0.25) is 5.91 Å². The number of rotatable bonds is 5. The van der Waals surface area contributed by atoms with Gasteiger partial charge in [0.25, 0.3) is 5.91 Å². The van der Waals surface area contributed by atoms with Crippen LogP contribution in [-0.2, 0) is 17.8 Å². The summed E-state index contributed by atoms with van der Waals surface area (Å²) in [5, 5.41) is 8.27. The summed E-state index contributed by atoms with van der Waals surface area (Å²) in [4.78, 5) is 33.2. The monoisotopic (exact) mass is 456 g/mol. The van der Waals surface area contributed by atoms with E-state index in [-0.39, 0.29) is 18.4 Å². The van der Waals surface area contributed by atoms with E-state index in [9.17, 15) is 9.59 Å². The number of carbonyl (C=O) groups excluding carboxylic acids is 2. The van der Waals surface area contributed by atoms with Crippen molar-refractivity contribution in [2.75, 3.05) is 36.9 Å². The number of anilines is 2. The van der Waals surface area contributed by atoms with E-state index in [0.29, 0.717) is 47.0 Å². The molecule has 2 amide bonds. The Morgan fingerprint density at radius 3 is 2.84 bits per heavy atom. The SMILES string of the molecule is O=C(CN1CCc2nc(NC(=O)c3cccs3)sc2C1)Nc1ccc2c(c1)OCCO2. The van der Waals surface area contributed by atoms with Gasteiger partial charge in [0.15, 0.2) is 16.6 Å². The molecule has 0 atom stereocenters. The Labute approximate surface area is 186 Å². The second-order valence-electron chi connectivity index (χ2n) is 7.19. The van der Waals surface area contributed by atoms with Crippen LogP contribution in [0.25, 0.3) is 0 Å². The molecule has 10 heteroatoms. The summed E-state index contributed by atoms with van der Waals surface area (Å²) in [6, 6.07) is 9.04. The summed E-state index contributed by atoms with van der Waals surface area (Å²) in [6.07, 6.45) is 0.748. The van der Waals surface area contributed by atoms with Gasteiger partial charge >= 0.3 is 0 Å². The van der Waals surface area contributed by atoms with Crippen molar-refractivity contribution in [3.8, 4) is 11.5 Å². The van der Waals surface area contributed by atoms with E-state index < -0.39 is 0 Å². The Hall–Kier alpha value is -2.95. The van der Waals surface area contributed by atoms with Gasteiger partial charge < -0.3 is 14.8 Å². The molecule has 31 heavy (non-hydrogen) atoms. The number of thiophene rings is 1. The van der Waals surface area contributed by atoms with Gasteiger partial charge in [0.05, 0.1) is 17.1 Å². The molecule has 3 aromatic rings. The second-order valence-corrected chi connectivity index (χ2v) is 9.22. The van der Waals surface area contributed by atoms with E-state index in [1.807, 2.05) is 17.5 Å². The third kappa shape index (κ3) is 4.55. The lowest BCUT2D eigenvalue weighted by atomic mass is 10.2. The van der Waals surface area contributed by atoms with Crippen LogP contribution in [0.4, 0.5) is 10.8 Å². The first-order valence-electron chi connectivity index (χ1n) is 9.89. The van der Waals surface area contributed by atoms with Gasteiger partial charge in [-0.15, -0.1) is 22.7 Å². The number of hydrogen-bond acceptors (Lipinski definition) is 8. The van der Waals surface area contributed by atoms with E-state index in [1.165, 1.54) is 22.7 Å². The van der Waals surface area contributed by atoms with Crippen molar-refractivity contribution in [3.63, 3.8) is 0 Å². The molecule has 0 fully saturated rings. The zero-order valence-electron chi connectivity index (χ0n) is 16.6. The van der Waals surface area contributed by atoms with Crippen LogP contribution in [0.2, 0.25) is 0 Å². The minimum Gasteiger partial charge on any atom is -0.486 e. The average molecular weight is 457 g/mol. The maximum Gasteiger partial charge on any atom is 0.267 e. The molecule has 2 N–H and O–H groups in total. The standard InChI is InChI=1S/C21H20N4O4S2/c26-19(22-13-3-4-15-16(10-13)29-8-7-28-15)12-25-6-5-14-18(11-25)31-21(23-14)24-20(27)17-2-1-9-30-17/h1-4,9-10H,5-8,11-12H2,(H,22,26)(H,23,24,27). The van der Waals surface area contributed by atoms with Gasteiger partial charge in [0, 0.05) is 36.1 Å². The fraction of sp³-hybridized carbons (Fsp3) is 0.286. The molecule has 2 aliphatic rings. The molecule has 4 heterocycles. The first-order valence-corrected chi connectivity index (χ1v) is 11.6. The molecule has 2 aliphatic heterocycles. The van der Waals surface area contributed by atoms with Crippen molar-refractivity contribution in [1.82, 2.24) is 9.88 Å². The summed E-state index contributed by atoms with van der Waals surface area (Å²) in [5.74, 6) is 1.11. The Bertz CT molecular complexity index is 1110. The molecule has 160 valence electrons. The summed E-state index contributed by atoms with van der Waals surface area (Å²) in [6.45, 7) is 2.69. The minimum absolute atomic E-state index is 0.0872. The maximum atomic E-state index is 12.5. The first kappa shape index (κ1) is 20.0. The van der Waals surface area contributed by atoms with Crippen LogP contribution in [-0.4, -0.2) is 48.0 Å². The highest BCUT2D eigenvalue weighted by molar-refractivity contribution is 7.16. The largest absolute Gasteiger partial charge is 0.486 e. The molecular weight excluding hydrogens is 436 g/mol. The molecule has 1 aromatic carbocycles. The molecule has 0 unspecified atom stereocenters. The Balaban J connectivity index is 1.17. The summed E-state index contributed by atoms with van der Waals surface area (Å²) < 4.78 is 11.1. The van der Waals surface area contributed by atoms with Crippen molar-refractivity contribution in [2.24, 2.45) is 0 Å². The van der Waals surface area contributed by atoms with E-state index in [4.69, 9.17) is 9.47 Å². The van der Waals surface area contributed by atoms with Crippen LogP contribution in [0, 0.1) is 0 Å². The zero-order chi connectivity index (χ0) is 21.2. The van der Waals surface area contributed by atoms with Gasteiger partial charge in [-0.2, -0.15) is 0 Å². The van der Waals surface area contributed by atoms with Crippen LogP contribution in [0.3, 0.4) is 0 Å². The molecule has 0 bridgehead atoms. The minimum atomic E-state index is -0.142. The van der Waals surface area contributed by atoms with Gasteiger partial charge in [-0.05, 0) is 23.6 Å².